The van der Waals surface area contributed by atoms with Gasteiger partial charge in [-0.15, -0.1) is 0 Å². The highest BCUT2D eigenvalue weighted by Crippen LogP contribution is 2.40. The molecular weight excluding hydrogens is 262 g/mol. The maximum absolute atomic E-state index is 12.1. The zero-order valence-corrected chi connectivity index (χ0v) is 10.8. The lowest BCUT2D eigenvalue weighted by Gasteiger charge is -2.37. The normalized spacial score (nSPS) is 18.2. The van der Waals surface area contributed by atoms with Crippen LogP contribution in [0.4, 0.5) is 0 Å². The smallest absolute Gasteiger partial charge is 0.311 e. The average molecular weight is 277 g/mol. The molecule has 2 N–H and O–H groups in total. The highest BCUT2D eigenvalue weighted by molar-refractivity contribution is 5.95. The van der Waals surface area contributed by atoms with Crippen molar-refractivity contribution in [1.82, 2.24) is 5.32 Å². The molecule has 1 aliphatic carbocycles. The summed E-state index contributed by atoms with van der Waals surface area (Å²) >= 11 is 0. The van der Waals surface area contributed by atoms with Crippen molar-refractivity contribution < 1.29 is 24.2 Å². The van der Waals surface area contributed by atoms with E-state index < -0.39 is 11.4 Å². The quantitative estimate of drug-likeness (QED) is 0.869. The molecule has 1 saturated carbocycles. The van der Waals surface area contributed by atoms with E-state index in [1.165, 1.54) is 0 Å². The van der Waals surface area contributed by atoms with E-state index in [9.17, 15) is 14.7 Å². The van der Waals surface area contributed by atoms with E-state index in [0.29, 0.717) is 29.9 Å². The number of carboxylic acid groups (broad SMARTS) is 1. The first-order valence-corrected chi connectivity index (χ1v) is 6.52. The average Bonchev–Trinajstić information content (AvgIpc) is 2.83. The van der Waals surface area contributed by atoms with Crippen molar-refractivity contribution in [3.63, 3.8) is 0 Å². The molecule has 1 fully saturated rings. The molecule has 6 nitrogen and oxygen atoms in total. The van der Waals surface area contributed by atoms with E-state index in [4.69, 9.17) is 9.47 Å². The van der Waals surface area contributed by atoms with Crippen molar-refractivity contribution in [1.29, 1.82) is 0 Å². The zero-order chi connectivity index (χ0) is 14.2. The van der Waals surface area contributed by atoms with E-state index in [0.717, 1.165) is 6.42 Å². The first kappa shape index (κ1) is 12.8. The number of carbonyl (C=O) groups excluding carboxylic acids is 1. The third-order valence-corrected chi connectivity index (χ3v) is 3.99. The second kappa shape index (κ2) is 4.70. The summed E-state index contributed by atoms with van der Waals surface area (Å²) in [6, 6.07) is 4.91. The fourth-order valence-corrected chi connectivity index (χ4v) is 2.46. The molecule has 3 rings (SSSR count). The standard InChI is InChI=1S/C14H15NO5/c16-12(15-7-14(13(17)18)4-1-5-14)9-2-3-10-11(6-9)20-8-19-10/h2-3,6H,1,4-5,7-8H2,(H,15,16)(H,17,18). The van der Waals surface area contributed by atoms with Crippen LogP contribution in [0.15, 0.2) is 18.2 Å². The molecule has 1 amide bonds. The zero-order valence-electron chi connectivity index (χ0n) is 10.8. The Labute approximate surface area is 115 Å². The molecule has 0 saturated heterocycles. The Hall–Kier alpha value is -2.24. The molecule has 0 radical (unpaired) electrons. The molecule has 0 aromatic heterocycles. The maximum Gasteiger partial charge on any atom is 0.311 e. The number of carboxylic acids is 1. The van der Waals surface area contributed by atoms with Crippen LogP contribution in [0, 0.1) is 5.41 Å². The molecule has 1 aliphatic heterocycles. The summed E-state index contributed by atoms with van der Waals surface area (Å²) in [6.07, 6.45) is 2.12. The molecule has 0 bridgehead atoms. The van der Waals surface area contributed by atoms with Crippen molar-refractivity contribution in [3.05, 3.63) is 23.8 Å². The summed E-state index contributed by atoms with van der Waals surface area (Å²) < 4.78 is 10.4. The van der Waals surface area contributed by atoms with Gasteiger partial charge in [0.05, 0.1) is 5.41 Å². The minimum atomic E-state index is -0.838. The van der Waals surface area contributed by atoms with E-state index >= 15 is 0 Å². The summed E-state index contributed by atoms with van der Waals surface area (Å²) in [5, 5.41) is 11.9. The van der Waals surface area contributed by atoms with Crippen LogP contribution >= 0.6 is 0 Å². The lowest BCUT2D eigenvalue weighted by molar-refractivity contribution is -0.153. The number of hydrogen-bond acceptors (Lipinski definition) is 4. The van der Waals surface area contributed by atoms with Gasteiger partial charge in [-0.05, 0) is 31.0 Å². The van der Waals surface area contributed by atoms with Crippen LogP contribution in [0.1, 0.15) is 29.6 Å². The minimum absolute atomic E-state index is 0.155. The molecule has 0 unspecified atom stereocenters. The first-order valence-electron chi connectivity index (χ1n) is 6.52. The number of fused-ring (bicyclic) bond motifs is 1. The second-order valence-electron chi connectivity index (χ2n) is 5.19. The van der Waals surface area contributed by atoms with Gasteiger partial charge in [-0.1, -0.05) is 6.42 Å². The fourth-order valence-electron chi connectivity index (χ4n) is 2.46. The van der Waals surface area contributed by atoms with E-state index in [1.807, 2.05) is 0 Å². The van der Waals surface area contributed by atoms with Gasteiger partial charge in [-0.25, -0.2) is 0 Å². The maximum atomic E-state index is 12.1. The van der Waals surface area contributed by atoms with Crippen LogP contribution in [0.2, 0.25) is 0 Å². The Bertz CT molecular complexity index is 565. The molecule has 6 heteroatoms. The number of aliphatic carboxylic acids is 1. The lowest BCUT2D eigenvalue weighted by Crippen LogP contribution is -2.47. The van der Waals surface area contributed by atoms with Gasteiger partial charge in [-0.3, -0.25) is 9.59 Å². The third kappa shape index (κ3) is 2.07. The monoisotopic (exact) mass is 277 g/mol. The molecule has 1 aromatic carbocycles. The van der Waals surface area contributed by atoms with E-state index in [1.54, 1.807) is 18.2 Å². The Morgan fingerprint density at radius 2 is 2.00 bits per heavy atom. The van der Waals surface area contributed by atoms with Crippen LogP contribution in [-0.4, -0.2) is 30.3 Å². The van der Waals surface area contributed by atoms with Gasteiger partial charge in [0.2, 0.25) is 6.79 Å². The number of hydrogen-bond donors (Lipinski definition) is 2. The van der Waals surface area contributed by atoms with Gasteiger partial charge >= 0.3 is 5.97 Å². The molecule has 0 spiro atoms. The summed E-state index contributed by atoms with van der Waals surface area (Å²) in [4.78, 5) is 23.3. The van der Waals surface area contributed by atoms with Crippen molar-refractivity contribution in [3.8, 4) is 11.5 Å². The number of benzene rings is 1. The molecular formula is C14H15NO5. The van der Waals surface area contributed by atoms with E-state index in [-0.39, 0.29) is 19.2 Å². The molecule has 2 aliphatic rings. The predicted molar refractivity (Wildman–Crippen MR) is 68.8 cm³/mol. The Morgan fingerprint density at radius 1 is 1.25 bits per heavy atom. The summed E-state index contributed by atoms with van der Waals surface area (Å²) in [6.45, 7) is 0.318. The van der Waals surface area contributed by atoms with Crippen LogP contribution in [0.3, 0.4) is 0 Å². The van der Waals surface area contributed by atoms with Crippen LogP contribution < -0.4 is 14.8 Å². The number of nitrogens with one attached hydrogen (secondary N) is 1. The van der Waals surface area contributed by atoms with Crippen molar-refractivity contribution in [2.75, 3.05) is 13.3 Å². The molecule has 106 valence electrons. The highest BCUT2D eigenvalue weighted by Gasteiger charge is 2.44. The Morgan fingerprint density at radius 3 is 2.65 bits per heavy atom. The number of ether oxygens (including phenoxy) is 2. The van der Waals surface area contributed by atoms with E-state index in [2.05, 4.69) is 5.32 Å². The van der Waals surface area contributed by atoms with Gasteiger partial charge in [0.25, 0.3) is 5.91 Å². The van der Waals surface area contributed by atoms with Crippen molar-refractivity contribution in [2.45, 2.75) is 19.3 Å². The Kier molecular flexibility index (Phi) is 3.00. The van der Waals surface area contributed by atoms with Gasteiger partial charge in [0.15, 0.2) is 11.5 Å². The number of amides is 1. The molecule has 0 atom stereocenters. The number of carbonyl (C=O) groups is 2. The fraction of sp³-hybridized carbons (Fsp3) is 0.429. The van der Waals surface area contributed by atoms with Gasteiger partial charge in [0, 0.05) is 12.1 Å². The van der Waals surface area contributed by atoms with Gasteiger partial charge in [0.1, 0.15) is 0 Å². The Balaban J connectivity index is 1.66. The second-order valence-corrected chi connectivity index (χ2v) is 5.19. The van der Waals surface area contributed by atoms with Crippen molar-refractivity contribution in [2.24, 2.45) is 5.41 Å². The number of rotatable bonds is 4. The topological polar surface area (TPSA) is 84.9 Å². The van der Waals surface area contributed by atoms with Crippen LogP contribution in [-0.2, 0) is 4.79 Å². The highest BCUT2D eigenvalue weighted by atomic mass is 16.7. The predicted octanol–water partition coefficient (Wildman–Crippen LogP) is 1.40. The summed E-state index contributed by atoms with van der Waals surface area (Å²) in [5.41, 5.74) is -0.347. The van der Waals surface area contributed by atoms with Gasteiger partial charge < -0.3 is 19.9 Å². The summed E-state index contributed by atoms with van der Waals surface area (Å²) in [5.74, 6) is 0.0161. The first-order chi connectivity index (χ1) is 9.61. The van der Waals surface area contributed by atoms with Crippen LogP contribution in [0.25, 0.3) is 0 Å². The largest absolute Gasteiger partial charge is 0.481 e. The SMILES string of the molecule is O=C(NCC1(C(=O)O)CCC1)c1ccc2c(c1)OCO2. The lowest BCUT2D eigenvalue weighted by atomic mass is 9.69. The van der Waals surface area contributed by atoms with Crippen molar-refractivity contribution >= 4 is 11.9 Å². The third-order valence-electron chi connectivity index (χ3n) is 3.99. The van der Waals surface area contributed by atoms with Gasteiger partial charge in [-0.2, -0.15) is 0 Å². The minimum Gasteiger partial charge on any atom is -0.481 e. The molecule has 1 aromatic rings. The molecule has 1 heterocycles. The summed E-state index contributed by atoms with van der Waals surface area (Å²) in [7, 11) is 0. The van der Waals surface area contributed by atoms with Crippen LogP contribution in [0.5, 0.6) is 11.5 Å². The molecule has 20 heavy (non-hydrogen) atoms.